The smallest absolute Gasteiger partial charge is 0.129 e. The molecule has 136 valence electrons. The van der Waals surface area contributed by atoms with Gasteiger partial charge in [-0.1, -0.05) is 25.1 Å². The molecule has 0 unspecified atom stereocenters. The number of nitrogens with zero attached hydrogens (tertiary/aromatic N) is 3. The zero-order valence-corrected chi connectivity index (χ0v) is 16.2. The van der Waals surface area contributed by atoms with Crippen molar-refractivity contribution in [1.29, 1.82) is 0 Å². The molecule has 0 amide bonds. The van der Waals surface area contributed by atoms with Crippen LogP contribution in [0.15, 0.2) is 55.0 Å². The van der Waals surface area contributed by atoms with E-state index in [4.69, 9.17) is 4.74 Å². The highest BCUT2D eigenvalue weighted by molar-refractivity contribution is 7.59. The lowest BCUT2D eigenvalue weighted by atomic mass is 10.00. The molecule has 0 spiro atoms. The van der Waals surface area contributed by atoms with E-state index >= 15 is 0 Å². The molecule has 2 aromatic heterocycles. The van der Waals surface area contributed by atoms with Crippen LogP contribution < -0.4 is 10.1 Å². The van der Waals surface area contributed by atoms with Crippen LogP contribution in [0.2, 0.25) is 0 Å². The normalized spacial score (nSPS) is 11.3. The number of pyridine rings is 1. The summed E-state index contributed by atoms with van der Waals surface area (Å²) in [6.45, 7) is 4.88. The summed E-state index contributed by atoms with van der Waals surface area (Å²) in [4.78, 5) is 13.0. The minimum absolute atomic E-state index is 0. The quantitative estimate of drug-likeness (QED) is 0.707. The van der Waals surface area contributed by atoms with Gasteiger partial charge in [-0.05, 0) is 30.7 Å². The Balaban J connectivity index is 0.00000243. The van der Waals surface area contributed by atoms with Gasteiger partial charge >= 0.3 is 0 Å². The van der Waals surface area contributed by atoms with Gasteiger partial charge in [-0.3, -0.25) is 4.98 Å². The van der Waals surface area contributed by atoms with Gasteiger partial charge in [-0.25, -0.2) is 9.97 Å². The summed E-state index contributed by atoms with van der Waals surface area (Å²) >= 11 is 0. The van der Waals surface area contributed by atoms with Gasteiger partial charge < -0.3 is 10.1 Å². The molecule has 5 nitrogen and oxygen atoms in total. The predicted octanol–water partition coefficient (Wildman–Crippen LogP) is 4.18. The van der Waals surface area contributed by atoms with Crippen LogP contribution in [-0.4, -0.2) is 28.6 Å². The maximum absolute atomic E-state index is 5.44. The van der Waals surface area contributed by atoms with E-state index in [-0.39, 0.29) is 19.4 Å². The molecule has 0 aliphatic heterocycles. The highest BCUT2D eigenvalue weighted by Gasteiger charge is 2.11. The number of aromatic nitrogens is 3. The molecule has 0 aliphatic rings. The number of hydrogen-bond donors (Lipinski definition) is 1. The molecule has 1 N–H and O–H groups in total. The van der Waals surface area contributed by atoms with Crippen molar-refractivity contribution in [3.8, 4) is 17.0 Å². The summed E-state index contributed by atoms with van der Waals surface area (Å²) in [6, 6.07) is 14.0. The Bertz CT molecular complexity index is 839. The lowest BCUT2D eigenvalue weighted by Gasteiger charge is -2.16. The monoisotopic (exact) mass is 368 g/mol. The lowest BCUT2D eigenvalue weighted by Crippen LogP contribution is -2.12. The third kappa shape index (κ3) is 4.73. The Hall–Kier alpha value is -2.60. The van der Waals surface area contributed by atoms with Crippen LogP contribution in [0, 0.1) is 6.92 Å². The van der Waals surface area contributed by atoms with Crippen molar-refractivity contribution in [3.05, 3.63) is 66.2 Å². The third-order valence-electron chi connectivity index (χ3n) is 4.13. The fourth-order valence-electron chi connectivity index (χ4n) is 2.67. The van der Waals surface area contributed by atoms with E-state index in [1.165, 1.54) is 5.56 Å². The molecular weight excluding hydrogens is 344 g/mol. The minimum Gasteiger partial charge on any atom is -0.496 e. The van der Waals surface area contributed by atoms with E-state index < -0.39 is 0 Å². The van der Waals surface area contributed by atoms with Gasteiger partial charge in [0, 0.05) is 36.0 Å². The second-order valence-electron chi connectivity index (χ2n) is 6.00. The van der Waals surface area contributed by atoms with Crippen molar-refractivity contribution in [2.24, 2.45) is 0 Å². The van der Waals surface area contributed by atoms with Gasteiger partial charge in [-0.15, -0.1) is 0 Å². The average Bonchev–Trinajstić information content (AvgIpc) is 2.67. The van der Waals surface area contributed by atoms with Crippen molar-refractivity contribution in [3.63, 3.8) is 0 Å². The molecule has 0 fully saturated rings. The Kier molecular flexibility index (Phi) is 6.97. The van der Waals surface area contributed by atoms with Gasteiger partial charge in [0.1, 0.15) is 17.9 Å². The molecule has 0 radical (unpaired) electrons. The summed E-state index contributed by atoms with van der Waals surface area (Å²) in [6.07, 6.45) is 3.41. The van der Waals surface area contributed by atoms with Gasteiger partial charge in [0.2, 0.25) is 0 Å². The molecule has 3 rings (SSSR count). The fourth-order valence-corrected chi connectivity index (χ4v) is 2.67. The molecule has 0 bridgehead atoms. The van der Waals surface area contributed by atoms with Crippen molar-refractivity contribution in [2.75, 3.05) is 19.0 Å². The molecule has 2 heterocycles. The van der Waals surface area contributed by atoms with Crippen molar-refractivity contribution in [1.82, 2.24) is 15.0 Å². The summed E-state index contributed by atoms with van der Waals surface area (Å²) in [5, 5.41) is 3.39. The van der Waals surface area contributed by atoms with E-state index in [1.807, 2.05) is 49.5 Å². The topological polar surface area (TPSA) is 59.9 Å². The predicted molar refractivity (Wildman–Crippen MR) is 110 cm³/mol. The SMILES string of the molecule is COc1ccccc1[C@H](C)CNc1cc(-c2ccc(C)nc2)ncn1.S. The summed E-state index contributed by atoms with van der Waals surface area (Å²) in [7, 11) is 1.70. The number of rotatable bonds is 6. The van der Waals surface area contributed by atoms with Crippen LogP contribution >= 0.6 is 13.5 Å². The number of methoxy groups -OCH3 is 1. The third-order valence-corrected chi connectivity index (χ3v) is 4.13. The van der Waals surface area contributed by atoms with Crippen LogP contribution in [-0.2, 0) is 0 Å². The highest BCUT2D eigenvalue weighted by atomic mass is 32.1. The zero-order valence-electron chi connectivity index (χ0n) is 15.2. The highest BCUT2D eigenvalue weighted by Crippen LogP contribution is 2.26. The fraction of sp³-hybridized carbons (Fsp3) is 0.250. The molecule has 0 saturated carbocycles. The van der Waals surface area contributed by atoms with E-state index in [2.05, 4.69) is 33.3 Å². The maximum Gasteiger partial charge on any atom is 0.129 e. The van der Waals surface area contributed by atoms with Crippen LogP contribution in [0.4, 0.5) is 5.82 Å². The van der Waals surface area contributed by atoms with Crippen LogP contribution in [0.1, 0.15) is 24.1 Å². The number of ether oxygens (including phenoxy) is 1. The van der Waals surface area contributed by atoms with Crippen LogP contribution in [0.5, 0.6) is 5.75 Å². The molecule has 1 aromatic carbocycles. The molecule has 1 atom stereocenters. The second kappa shape index (κ2) is 9.20. The first kappa shape index (κ1) is 19.7. The molecule has 3 aromatic rings. The van der Waals surface area contributed by atoms with Crippen LogP contribution in [0.25, 0.3) is 11.3 Å². The van der Waals surface area contributed by atoms with Gasteiger partial charge in [0.15, 0.2) is 0 Å². The largest absolute Gasteiger partial charge is 0.496 e. The van der Waals surface area contributed by atoms with E-state index in [0.29, 0.717) is 0 Å². The van der Waals surface area contributed by atoms with Gasteiger partial charge in [0.05, 0.1) is 12.8 Å². The molecule has 0 aliphatic carbocycles. The lowest BCUT2D eigenvalue weighted by molar-refractivity contribution is 0.407. The Labute approximate surface area is 161 Å². The first-order valence-corrected chi connectivity index (χ1v) is 8.29. The second-order valence-corrected chi connectivity index (χ2v) is 6.00. The van der Waals surface area contributed by atoms with E-state index in [1.54, 1.807) is 13.4 Å². The van der Waals surface area contributed by atoms with Crippen molar-refractivity contribution < 1.29 is 4.74 Å². The first-order valence-electron chi connectivity index (χ1n) is 8.29. The Morgan fingerprint density at radius 2 is 1.88 bits per heavy atom. The number of anilines is 1. The number of nitrogens with one attached hydrogen (secondary N) is 1. The summed E-state index contributed by atoms with van der Waals surface area (Å²) in [5.74, 6) is 1.99. The first-order chi connectivity index (χ1) is 12.2. The summed E-state index contributed by atoms with van der Waals surface area (Å²) < 4.78 is 5.44. The molecule has 26 heavy (non-hydrogen) atoms. The average molecular weight is 369 g/mol. The standard InChI is InChI=1S/C20H22N4O.H2S/c1-14(17-6-4-5-7-19(17)25-3)11-22-20-10-18(23-13-24-20)16-9-8-15(2)21-12-16;/h4-10,12-14H,11H2,1-3H3,(H,22,23,24);1H2/t14-;/m1./s1. The number of para-hydroxylation sites is 1. The number of benzene rings is 1. The van der Waals surface area contributed by atoms with E-state index in [0.717, 1.165) is 35.1 Å². The van der Waals surface area contributed by atoms with Gasteiger partial charge in [0.25, 0.3) is 0 Å². The van der Waals surface area contributed by atoms with E-state index in [9.17, 15) is 0 Å². The minimum atomic E-state index is 0. The maximum atomic E-state index is 5.44. The number of aryl methyl sites for hydroxylation is 1. The number of hydrogen-bond acceptors (Lipinski definition) is 5. The Morgan fingerprint density at radius 1 is 1.08 bits per heavy atom. The molecular formula is C20H24N4OS. The van der Waals surface area contributed by atoms with Crippen LogP contribution in [0.3, 0.4) is 0 Å². The van der Waals surface area contributed by atoms with Crippen molar-refractivity contribution >= 4 is 19.3 Å². The molecule has 0 saturated heterocycles. The Morgan fingerprint density at radius 3 is 2.62 bits per heavy atom. The summed E-state index contributed by atoms with van der Waals surface area (Å²) in [5.41, 5.74) is 4.00. The zero-order chi connectivity index (χ0) is 17.6. The van der Waals surface area contributed by atoms with Crippen molar-refractivity contribution in [2.45, 2.75) is 19.8 Å². The molecule has 6 heteroatoms. The van der Waals surface area contributed by atoms with Gasteiger partial charge in [-0.2, -0.15) is 13.5 Å².